The second kappa shape index (κ2) is 6.46. The van der Waals surface area contributed by atoms with Crippen molar-refractivity contribution in [3.05, 3.63) is 0 Å². The molecule has 114 valence electrons. The minimum absolute atomic E-state index is 0.0347. The lowest BCUT2D eigenvalue weighted by Crippen LogP contribution is -2.57. The van der Waals surface area contributed by atoms with Crippen molar-refractivity contribution in [3.63, 3.8) is 0 Å². The molecule has 2 fully saturated rings. The number of hydrogen-bond donors (Lipinski definition) is 1. The van der Waals surface area contributed by atoms with E-state index in [1.165, 1.54) is 0 Å². The van der Waals surface area contributed by atoms with Gasteiger partial charge in [0, 0.05) is 19.1 Å². The number of piperidine rings is 1. The molecule has 0 saturated carbocycles. The van der Waals surface area contributed by atoms with E-state index in [1.807, 2.05) is 11.8 Å². The summed E-state index contributed by atoms with van der Waals surface area (Å²) in [5.41, 5.74) is 0. The average Bonchev–Trinajstić information content (AvgIpc) is 2.62. The Kier molecular flexibility index (Phi) is 4.89. The van der Waals surface area contributed by atoms with Gasteiger partial charge in [0.25, 0.3) is 0 Å². The number of likely N-dealkylation sites (tertiary alicyclic amines) is 2. The molecule has 3 unspecified atom stereocenters. The van der Waals surface area contributed by atoms with Gasteiger partial charge in [-0.05, 0) is 38.5 Å². The summed E-state index contributed by atoms with van der Waals surface area (Å²) in [7, 11) is 0. The highest BCUT2D eigenvalue weighted by atomic mass is 16.4. The zero-order valence-corrected chi connectivity index (χ0v) is 12.5. The van der Waals surface area contributed by atoms with Crippen LogP contribution >= 0.6 is 0 Å². The molecule has 0 bridgehead atoms. The minimum atomic E-state index is -0.868. The number of carboxylic acid groups (broad SMARTS) is 1. The Bertz CT molecular complexity index is 372. The van der Waals surface area contributed by atoms with E-state index >= 15 is 0 Å². The molecular formula is C15H26N2O3. The maximum absolute atomic E-state index is 12.8. The quantitative estimate of drug-likeness (QED) is 0.804. The molecule has 0 aromatic rings. The van der Waals surface area contributed by atoms with E-state index in [9.17, 15) is 14.7 Å². The molecule has 2 saturated heterocycles. The third kappa shape index (κ3) is 3.07. The van der Waals surface area contributed by atoms with E-state index in [0.29, 0.717) is 6.54 Å². The van der Waals surface area contributed by atoms with Crippen LogP contribution in [-0.4, -0.2) is 52.1 Å². The highest BCUT2D eigenvalue weighted by molar-refractivity contribution is 5.83. The molecule has 2 rings (SSSR count). The van der Waals surface area contributed by atoms with Gasteiger partial charge in [0.05, 0.1) is 0 Å². The van der Waals surface area contributed by atoms with E-state index in [-0.39, 0.29) is 18.0 Å². The van der Waals surface area contributed by atoms with Crippen molar-refractivity contribution in [2.24, 2.45) is 5.92 Å². The van der Waals surface area contributed by atoms with Gasteiger partial charge < -0.3 is 14.9 Å². The predicted molar refractivity (Wildman–Crippen MR) is 76.6 cm³/mol. The Morgan fingerprint density at radius 2 is 1.65 bits per heavy atom. The standard InChI is InChI=1S/C15H26N2O3/c1-11-7-6-10-17(13(11)14(18)19)15(20)16-9-5-3-4-8-12(16)2/h11-13H,3-10H2,1-2H3,(H,18,19). The first kappa shape index (κ1) is 15.1. The van der Waals surface area contributed by atoms with Crippen LogP contribution < -0.4 is 0 Å². The van der Waals surface area contributed by atoms with Gasteiger partial charge in [0.2, 0.25) is 0 Å². The van der Waals surface area contributed by atoms with Crippen molar-refractivity contribution in [3.8, 4) is 0 Å². The van der Waals surface area contributed by atoms with Crippen LogP contribution in [0.25, 0.3) is 0 Å². The smallest absolute Gasteiger partial charge is 0.326 e. The molecule has 0 spiro atoms. The molecule has 0 radical (unpaired) electrons. The zero-order chi connectivity index (χ0) is 14.7. The lowest BCUT2D eigenvalue weighted by Gasteiger charge is -2.41. The van der Waals surface area contributed by atoms with Gasteiger partial charge >= 0.3 is 12.0 Å². The summed E-state index contributed by atoms with van der Waals surface area (Å²) in [5, 5.41) is 9.44. The minimum Gasteiger partial charge on any atom is -0.480 e. The number of carbonyl (C=O) groups is 2. The zero-order valence-electron chi connectivity index (χ0n) is 12.5. The Morgan fingerprint density at radius 1 is 0.950 bits per heavy atom. The molecule has 0 aromatic carbocycles. The van der Waals surface area contributed by atoms with Gasteiger partial charge in [-0.25, -0.2) is 9.59 Å². The molecule has 2 heterocycles. The molecule has 5 nitrogen and oxygen atoms in total. The van der Waals surface area contributed by atoms with Crippen LogP contribution in [-0.2, 0) is 4.79 Å². The van der Waals surface area contributed by atoms with Crippen LogP contribution in [0, 0.1) is 5.92 Å². The first-order chi connectivity index (χ1) is 9.52. The van der Waals surface area contributed by atoms with E-state index in [4.69, 9.17) is 0 Å². The summed E-state index contributed by atoms with van der Waals surface area (Å²) < 4.78 is 0. The van der Waals surface area contributed by atoms with Crippen LogP contribution in [0.5, 0.6) is 0 Å². The van der Waals surface area contributed by atoms with Gasteiger partial charge in [-0.2, -0.15) is 0 Å². The lowest BCUT2D eigenvalue weighted by atomic mass is 9.91. The highest BCUT2D eigenvalue weighted by Crippen LogP contribution is 2.26. The SMILES string of the molecule is CC1CCCN(C(=O)N2CCCCCC2C)C1C(=O)O. The number of carboxylic acids is 1. The molecular weight excluding hydrogens is 256 g/mol. The van der Waals surface area contributed by atoms with E-state index in [0.717, 1.165) is 45.1 Å². The fourth-order valence-corrected chi connectivity index (χ4v) is 3.50. The number of hydrogen-bond acceptors (Lipinski definition) is 2. The number of urea groups is 1. The summed E-state index contributed by atoms with van der Waals surface area (Å²) >= 11 is 0. The molecule has 5 heteroatoms. The lowest BCUT2D eigenvalue weighted by molar-refractivity contribution is -0.145. The maximum Gasteiger partial charge on any atom is 0.326 e. The van der Waals surface area contributed by atoms with Crippen LogP contribution in [0.15, 0.2) is 0 Å². The number of amides is 2. The maximum atomic E-state index is 12.8. The van der Waals surface area contributed by atoms with Crippen LogP contribution in [0.4, 0.5) is 4.79 Å². The van der Waals surface area contributed by atoms with Crippen molar-refractivity contribution >= 4 is 12.0 Å². The molecule has 0 aliphatic carbocycles. The summed E-state index contributed by atoms with van der Waals surface area (Å²) in [6.07, 6.45) is 6.15. The third-order valence-electron chi connectivity index (χ3n) is 4.73. The van der Waals surface area contributed by atoms with Gasteiger partial charge in [-0.1, -0.05) is 19.8 Å². The summed E-state index contributed by atoms with van der Waals surface area (Å²) in [5.74, 6) is -0.833. The average molecular weight is 282 g/mol. The second-order valence-corrected chi connectivity index (χ2v) is 6.27. The van der Waals surface area contributed by atoms with Crippen molar-refractivity contribution in [1.29, 1.82) is 0 Å². The molecule has 20 heavy (non-hydrogen) atoms. The first-order valence-electron chi connectivity index (χ1n) is 7.82. The summed E-state index contributed by atoms with van der Waals surface area (Å²) in [6, 6.07) is -0.512. The van der Waals surface area contributed by atoms with Crippen molar-refractivity contribution in [2.45, 2.75) is 64.5 Å². The number of rotatable bonds is 1. The topological polar surface area (TPSA) is 60.9 Å². The molecule has 1 N–H and O–H groups in total. The van der Waals surface area contributed by atoms with Crippen LogP contribution in [0.1, 0.15) is 52.4 Å². The Labute approximate surface area is 120 Å². The van der Waals surface area contributed by atoms with Gasteiger partial charge in [-0.15, -0.1) is 0 Å². The number of aliphatic carboxylic acids is 1. The molecule has 2 aliphatic rings. The molecule has 0 aromatic heterocycles. The summed E-state index contributed by atoms with van der Waals surface area (Å²) in [4.78, 5) is 27.8. The normalized spacial score (nSPS) is 31.8. The van der Waals surface area contributed by atoms with Crippen molar-refractivity contribution in [1.82, 2.24) is 9.80 Å². The molecule has 2 amide bonds. The summed E-state index contributed by atoms with van der Waals surface area (Å²) in [6.45, 7) is 5.34. The van der Waals surface area contributed by atoms with Crippen LogP contribution in [0.2, 0.25) is 0 Å². The predicted octanol–water partition coefficient (Wildman–Crippen LogP) is 2.56. The Balaban J connectivity index is 2.14. The van der Waals surface area contributed by atoms with Gasteiger partial charge in [-0.3, -0.25) is 0 Å². The fourth-order valence-electron chi connectivity index (χ4n) is 3.50. The van der Waals surface area contributed by atoms with E-state index < -0.39 is 12.0 Å². The van der Waals surface area contributed by atoms with Gasteiger partial charge in [0.15, 0.2) is 0 Å². The Morgan fingerprint density at radius 3 is 2.35 bits per heavy atom. The Hall–Kier alpha value is -1.26. The van der Waals surface area contributed by atoms with Crippen LogP contribution in [0.3, 0.4) is 0 Å². The monoisotopic (exact) mass is 282 g/mol. The molecule has 3 atom stereocenters. The highest BCUT2D eigenvalue weighted by Gasteiger charge is 2.39. The first-order valence-corrected chi connectivity index (χ1v) is 7.82. The van der Waals surface area contributed by atoms with Crippen molar-refractivity contribution in [2.75, 3.05) is 13.1 Å². The van der Waals surface area contributed by atoms with E-state index in [2.05, 4.69) is 6.92 Å². The third-order valence-corrected chi connectivity index (χ3v) is 4.73. The van der Waals surface area contributed by atoms with Crippen molar-refractivity contribution < 1.29 is 14.7 Å². The molecule has 2 aliphatic heterocycles. The fraction of sp³-hybridized carbons (Fsp3) is 0.867. The number of nitrogens with zero attached hydrogens (tertiary/aromatic N) is 2. The van der Waals surface area contributed by atoms with E-state index in [1.54, 1.807) is 4.90 Å². The number of carbonyl (C=O) groups excluding carboxylic acids is 1. The van der Waals surface area contributed by atoms with Gasteiger partial charge in [0.1, 0.15) is 6.04 Å². The largest absolute Gasteiger partial charge is 0.480 e. The second-order valence-electron chi connectivity index (χ2n) is 6.27.